The third-order valence-corrected chi connectivity index (χ3v) is 1.92. The number of azo groups is 1. The standard InChI is InChI=1S/C8H10N4O3/c1-4-6(3-9)7(11-10-4)8(14)15-12-5(2)13/h4,6-7H,1-2H3,(H,12,13)/t4-,6+,7+/m1/s1. The minimum Gasteiger partial charge on any atom is -0.338 e. The molecule has 0 bridgehead atoms. The summed E-state index contributed by atoms with van der Waals surface area (Å²) in [5.74, 6) is -1.91. The molecule has 80 valence electrons. The number of nitrogens with one attached hydrogen (secondary N) is 1. The highest BCUT2D eigenvalue weighted by Crippen LogP contribution is 2.23. The number of hydrogen-bond donors (Lipinski definition) is 1. The lowest BCUT2D eigenvalue weighted by Crippen LogP contribution is -2.35. The van der Waals surface area contributed by atoms with E-state index in [1.807, 2.05) is 11.5 Å². The molecule has 1 N–H and O–H groups in total. The van der Waals surface area contributed by atoms with Crippen molar-refractivity contribution in [2.24, 2.45) is 16.1 Å². The van der Waals surface area contributed by atoms with Crippen molar-refractivity contribution in [3.63, 3.8) is 0 Å². The molecule has 0 spiro atoms. The Kier molecular flexibility index (Phi) is 3.33. The molecule has 1 aliphatic heterocycles. The van der Waals surface area contributed by atoms with Gasteiger partial charge in [0.25, 0.3) is 0 Å². The molecule has 0 aliphatic carbocycles. The average molecular weight is 210 g/mol. The summed E-state index contributed by atoms with van der Waals surface area (Å²) in [4.78, 5) is 26.2. The van der Waals surface area contributed by atoms with Crippen LogP contribution in [0.25, 0.3) is 0 Å². The molecular weight excluding hydrogens is 200 g/mol. The van der Waals surface area contributed by atoms with Gasteiger partial charge in [-0.3, -0.25) is 4.79 Å². The summed E-state index contributed by atoms with van der Waals surface area (Å²) in [6.45, 7) is 2.89. The van der Waals surface area contributed by atoms with E-state index in [1.165, 1.54) is 6.92 Å². The number of hydrogen-bond acceptors (Lipinski definition) is 6. The Morgan fingerprint density at radius 2 is 2.13 bits per heavy atom. The van der Waals surface area contributed by atoms with Gasteiger partial charge in [0, 0.05) is 6.92 Å². The van der Waals surface area contributed by atoms with Crippen LogP contribution in [0.4, 0.5) is 0 Å². The van der Waals surface area contributed by atoms with Crippen molar-refractivity contribution < 1.29 is 14.4 Å². The highest BCUT2D eigenvalue weighted by molar-refractivity contribution is 5.80. The number of carbonyl (C=O) groups excluding carboxylic acids is 2. The smallest absolute Gasteiger partial charge is 0.338 e. The van der Waals surface area contributed by atoms with Crippen LogP contribution >= 0.6 is 0 Å². The van der Waals surface area contributed by atoms with Crippen LogP contribution < -0.4 is 5.48 Å². The first kappa shape index (κ1) is 11.1. The van der Waals surface area contributed by atoms with Crippen LogP contribution in [0.3, 0.4) is 0 Å². The largest absolute Gasteiger partial charge is 0.359 e. The molecule has 1 amide bonds. The van der Waals surface area contributed by atoms with Crippen LogP contribution in [0, 0.1) is 17.2 Å². The van der Waals surface area contributed by atoms with Gasteiger partial charge in [-0.2, -0.15) is 21.0 Å². The molecule has 1 heterocycles. The van der Waals surface area contributed by atoms with E-state index in [0.717, 1.165) is 0 Å². The number of carbonyl (C=O) groups is 2. The van der Waals surface area contributed by atoms with Crippen molar-refractivity contribution in [3.05, 3.63) is 0 Å². The highest BCUT2D eigenvalue weighted by atomic mass is 16.7. The summed E-state index contributed by atoms with van der Waals surface area (Å²) in [6, 6.07) is 0.655. The molecule has 7 nitrogen and oxygen atoms in total. The highest BCUT2D eigenvalue weighted by Gasteiger charge is 2.39. The number of rotatable bonds is 1. The van der Waals surface area contributed by atoms with Crippen molar-refractivity contribution in [2.45, 2.75) is 25.9 Å². The molecule has 3 atom stereocenters. The lowest BCUT2D eigenvalue weighted by molar-refractivity contribution is -0.159. The maximum Gasteiger partial charge on any atom is 0.359 e. The monoisotopic (exact) mass is 210 g/mol. The minimum absolute atomic E-state index is 0.329. The van der Waals surface area contributed by atoms with E-state index >= 15 is 0 Å². The molecular formula is C8H10N4O3. The van der Waals surface area contributed by atoms with E-state index in [0.29, 0.717) is 0 Å². The summed E-state index contributed by atoms with van der Waals surface area (Å²) < 4.78 is 0. The lowest BCUT2D eigenvalue weighted by Gasteiger charge is -2.10. The molecule has 1 rings (SSSR count). The minimum atomic E-state index is -0.947. The zero-order valence-electron chi connectivity index (χ0n) is 8.30. The molecule has 15 heavy (non-hydrogen) atoms. The molecule has 0 fully saturated rings. The molecule has 1 aliphatic rings. The fraction of sp³-hybridized carbons (Fsp3) is 0.625. The number of amides is 1. The topological polar surface area (TPSA) is 104 Å². The van der Waals surface area contributed by atoms with Crippen LogP contribution in [0.5, 0.6) is 0 Å². The van der Waals surface area contributed by atoms with Crippen molar-refractivity contribution in [1.29, 1.82) is 5.26 Å². The molecule has 7 heteroatoms. The number of nitrogens with zero attached hydrogens (tertiary/aromatic N) is 3. The van der Waals surface area contributed by atoms with E-state index in [1.54, 1.807) is 6.92 Å². The van der Waals surface area contributed by atoms with Gasteiger partial charge in [0.1, 0.15) is 5.92 Å². The molecule has 0 saturated heterocycles. The molecule has 0 saturated carbocycles. The van der Waals surface area contributed by atoms with Gasteiger partial charge >= 0.3 is 5.97 Å². The van der Waals surface area contributed by atoms with Crippen molar-refractivity contribution in [1.82, 2.24) is 5.48 Å². The molecule has 0 aromatic carbocycles. The maximum absolute atomic E-state index is 11.3. The second-order valence-corrected chi connectivity index (χ2v) is 3.15. The Bertz CT molecular complexity index is 346. The SMILES string of the molecule is CC(=O)NOC(=O)[C@H]1N=N[C@H](C)[C@@H]1C#N. The Hall–Kier alpha value is -1.97. The van der Waals surface area contributed by atoms with Crippen LogP contribution in [0.1, 0.15) is 13.8 Å². The quantitative estimate of drug-likeness (QED) is 0.612. The first-order valence-corrected chi connectivity index (χ1v) is 4.33. The summed E-state index contributed by atoms with van der Waals surface area (Å²) in [7, 11) is 0. The summed E-state index contributed by atoms with van der Waals surface area (Å²) >= 11 is 0. The zero-order chi connectivity index (χ0) is 11.4. The normalized spacial score (nSPS) is 28.2. The van der Waals surface area contributed by atoms with Gasteiger partial charge in [0.15, 0.2) is 6.04 Å². The van der Waals surface area contributed by atoms with E-state index in [4.69, 9.17) is 5.26 Å². The Balaban J connectivity index is 2.57. The van der Waals surface area contributed by atoms with Crippen molar-refractivity contribution >= 4 is 11.9 Å². The summed E-state index contributed by atoms with van der Waals surface area (Å²) in [6.07, 6.45) is 0. The Labute approximate surface area is 86.1 Å². The van der Waals surface area contributed by atoms with E-state index in [-0.39, 0.29) is 6.04 Å². The third kappa shape index (κ3) is 2.49. The second-order valence-electron chi connectivity index (χ2n) is 3.15. The van der Waals surface area contributed by atoms with Crippen LogP contribution in [0.15, 0.2) is 10.2 Å². The number of hydroxylamine groups is 1. The maximum atomic E-state index is 11.3. The van der Waals surface area contributed by atoms with Gasteiger partial charge in [0.2, 0.25) is 5.91 Å². The molecule has 0 radical (unpaired) electrons. The van der Waals surface area contributed by atoms with Gasteiger partial charge in [-0.1, -0.05) is 0 Å². The van der Waals surface area contributed by atoms with Gasteiger partial charge in [0.05, 0.1) is 12.1 Å². The number of nitriles is 1. The first-order valence-electron chi connectivity index (χ1n) is 4.33. The van der Waals surface area contributed by atoms with Gasteiger partial charge in [-0.15, -0.1) is 0 Å². The van der Waals surface area contributed by atoms with Crippen LogP contribution in [-0.2, 0) is 14.4 Å². The fourth-order valence-corrected chi connectivity index (χ4v) is 1.14. The van der Waals surface area contributed by atoms with Gasteiger partial charge < -0.3 is 4.84 Å². The first-order chi connectivity index (χ1) is 7.06. The van der Waals surface area contributed by atoms with Gasteiger partial charge in [-0.05, 0) is 6.92 Å². The lowest BCUT2D eigenvalue weighted by atomic mass is 9.97. The summed E-state index contributed by atoms with van der Waals surface area (Å²) in [5.41, 5.74) is 1.88. The second kappa shape index (κ2) is 4.50. The fourth-order valence-electron chi connectivity index (χ4n) is 1.14. The van der Waals surface area contributed by atoms with Crippen LogP contribution in [0.2, 0.25) is 0 Å². The molecule has 0 aromatic rings. The predicted molar refractivity (Wildman–Crippen MR) is 47.1 cm³/mol. The van der Waals surface area contributed by atoms with E-state index in [9.17, 15) is 9.59 Å². The molecule has 0 unspecified atom stereocenters. The zero-order valence-corrected chi connectivity index (χ0v) is 8.30. The van der Waals surface area contributed by atoms with Crippen molar-refractivity contribution in [2.75, 3.05) is 0 Å². The van der Waals surface area contributed by atoms with Gasteiger partial charge in [-0.25, -0.2) is 4.79 Å². The predicted octanol–water partition coefficient (Wildman–Crippen LogP) is -0.0566. The van der Waals surface area contributed by atoms with Crippen molar-refractivity contribution in [3.8, 4) is 6.07 Å². The van der Waals surface area contributed by atoms with E-state index in [2.05, 4.69) is 15.1 Å². The molecule has 0 aromatic heterocycles. The average Bonchev–Trinajstić information content (AvgIpc) is 2.55. The van der Waals surface area contributed by atoms with E-state index < -0.39 is 23.8 Å². The third-order valence-electron chi connectivity index (χ3n) is 1.92. The summed E-state index contributed by atoms with van der Waals surface area (Å²) in [5, 5.41) is 16.1. The Morgan fingerprint density at radius 3 is 2.67 bits per heavy atom. The Morgan fingerprint density at radius 1 is 1.47 bits per heavy atom. The van der Waals surface area contributed by atoms with Crippen LogP contribution in [-0.4, -0.2) is 24.0 Å².